The van der Waals surface area contributed by atoms with Gasteiger partial charge in [-0.2, -0.15) is 13.2 Å². The van der Waals surface area contributed by atoms with Crippen LogP contribution < -0.4 is 15.4 Å². The average molecular weight is 435 g/mol. The van der Waals surface area contributed by atoms with Crippen LogP contribution in [0.5, 0.6) is 5.75 Å². The lowest BCUT2D eigenvalue weighted by Crippen LogP contribution is -2.51. The number of piperazine rings is 1. The first kappa shape index (κ1) is 21.2. The minimum absolute atomic E-state index is 0.0190. The number of carbonyl (C=O) groups excluding carboxylic acids is 1. The van der Waals surface area contributed by atoms with Crippen LogP contribution in [0.25, 0.3) is 0 Å². The predicted molar refractivity (Wildman–Crippen MR) is 110 cm³/mol. The van der Waals surface area contributed by atoms with Gasteiger partial charge in [0.1, 0.15) is 11.6 Å². The molecule has 1 atom stereocenters. The van der Waals surface area contributed by atoms with E-state index in [9.17, 15) is 18.0 Å². The summed E-state index contributed by atoms with van der Waals surface area (Å²) in [5.41, 5.74) is 0.684. The van der Waals surface area contributed by atoms with Crippen molar-refractivity contribution >= 4 is 17.5 Å². The van der Waals surface area contributed by atoms with Crippen LogP contribution >= 0.6 is 0 Å². The zero-order valence-electron chi connectivity index (χ0n) is 17.1. The molecule has 0 spiro atoms. The van der Waals surface area contributed by atoms with E-state index in [0.29, 0.717) is 56.5 Å². The Morgan fingerprint density at radius 1 is 1.16 bits per heavy atom. The van der Waals surface area contributed by atoms with Crippen LogP contribution in [0, 0.1) is 0 Å². The Labute approximate surface area is 178 Å². The third-order valence-corrected chi connectivity index (χ3v) is 5.66. The van der Waals surface area contributed by atoms with Crippen molar-refractivity contribution < 1.29 is 22.7 Å². The lowest BCUT2D eigenvalue weighted by atomic mass is 9.96. The van der Waals surface area contributed by atoms with E-state index in [-0.39, 0.29) is 12.1 Å². The van der Waals surface area contributed by atoms with Gasteiger partial charge in [0.2, 0.25) is 0 Å². The molecule has 1 aromatic heterocycles. The summed E-state index contributed by atoms with van der Waals surface area (Å²) >= 11 is 0. The Kier molecular flexibility index (Phi) is 5.90. The minimum atomic E-state index is -4.40. The quantitative estimate of drug-likeness (QED) is 0.767. The van der Waals surface area contributed by atoms with Gasteiger partial charge in [-0.15, -0.1) is 0 Å². The highest BCUT2D eigenvalue weighted by Gasteiger charge is 2.35. The molecule has 3 heterocycles. The number of urea groups is 1. The lowest BCUT2D eigenvalue weighted by Gasteiger charge is -2.41. The number of anilines is 2. The molecule has 31 heavy (non-hydrogen) atoms. The van der Waals surface area contributed by atoms with Gasteiger partial charge in [-0.05, 0) is 24.3 Å². The number of benzene rings is 1. The molecule has 1 aromatic carbocycles. The van der Waals surface area contributed by atoms with Gasteiger partial charge >= 0.3 is 12.2 Å². The van der Waals surface area contributed by atoms with Crippen LogP contribution in [0.2, 0.25) is 0 Å². The Morgan fingerprint density at radius 2 is 1.94 bits per heavy atom. The van der Waals surface area contributed by atoms with E-state index in [1.165, 1.54) is 6.07 Å². The van der Waals surface area contributed by atoms with Crippen molar-refractivity contribution in [2.24, 2.45) is 0 Å². The molecule has 1 fully saturated rings. The van der Waals surface area contributed by atoms with Crippen LogP contribution in [0.3, 0.4) is 0 Å². The van der Waals surface area contributed by atoms with Gasteiger partial charge in [0, 0.05) is 51.3 Å². The summed E-state index contributed by atoms with van der Waals surface area (Å²) in [5.74, 6) is 1.01. The summed E-state index contributed by atoms with van der Waals surface area (Å²) in [4.78, 5) is 20.7. The number of ether oxygens (including phenoxy) is 1. The Hall–Kier alpha value is -3.01. The highest BCUT2D eigenvalue weighted by Crippen LogP contribution is 2.40. The summed E-state index contributed by atoms with van der Waals surface area (Å²) in [7, 11) is 1.77. The molecule has 1 unspecified atom stereocenters. The van der Waals surface area contributed by atoms with Gasteiger partial charge in [0.05, 0.1) is 24.1 Å². The maximum Gasteiger partial charge on any atom is 0.416 e. The number of nitrogens with zero attached hydrogens (tertiary/aromatic N) is 3. The largest absolute Gasteiger partial charge is 0.493 e. The molecule has 0 bridgehead atoms. The van der Waals surface area contributed by atoms with Gasteiger partial charge in [-0.3, -0.25) is 4.90 Å². The topological polar surface area (TPSA) is 69.7 Å². The molecule has 1 saturated heterocycles. The zero-order chi connectivity index (χ0) is 22.0. The van der Waals surface area contributed by atoms with Gasteiger partial charge in [-0.25, -0.2) is 9.78 Å². The molecule has 0 saturated carbocycles. The maximum absolute atomic E-state index is 13.0. The number of pyridine rings is 1. The number of halogens is 3. The Morgan fingerprint density at radius 3 is 2.58 bits per heavy atom. The molecule has 7 nitrogen and oxygen atoms in total. The van der Waals surface area contributed by atoms with Gasteiger partial charge in [-0.1, -0.05) is 6.07 Å². The summed E-state index contributed by atoms with van der Waals surface area (Å²) in [5, 5.41) is 5.76. The SMILES string of the molecule is CNc1ccc(NC(=O)N2CCN(C3CCOc4cc(C(F)(F)F)ccc43)CC2)cn1. The number of aromatic nitrogens is 1. The van der Waals surface area contributed by atoms with Crippen molar-refractivity contribution in [3.8, 4) is 5.75 Å². The number of amides is 2. The van der Waals surface area contributed by atoms with Gasteiger partial charge in [0.25, 0.3) is 0 Å². The Bertz CT molecular complexity index is 928. The standard InChI is InChI=1S/C21H24F3N5O2/c1-25-19-5-3-15(13-26-19)27-20(30)29-9-7-28(8-10-29)17-6-11-31-18-12-14(21(22,23)24)2-4-16(17)18/h2-5,12-13,17H,6-11H2,1H3,(H,25,26)(H,27,30). The predicted octanol–water partition coefficient (Wildman–Crippen LogP) is 3.82. The van der Waals surface area contributed by atoms with Crippen LogP contribution in [-0.4, -0.2) is 60.6 Å². The number of rotatable bonds is 3. The number of fused-ring (bicyclic) bond motifs is 1. The summed E-state index contributed by atoms with van der Waals surface area (Å²) < 4.78 is 44.5. The molecule has 2 aromatic rings. The number of carbonyl (C=O) groups is 1. The van der Waals surface area contributed by atoms with E-state index in [1.54, 1.807) is 30.3 Å². The maximum atomic E-state index is 13.0. The van der Waals surface area contributed by atoms with Crippen molar-refractivity contribution in [2.45, 2.75) is 18.6 Å². The fourth-order valence-corrected chi connectivity index (χ4v) is 3.98. The number of hydrogen-bond donors (Lipinski definition) is 2. The van der Waals surface area contributed by atoms with Crippen LogP contribution in [0.1, 0.15) is 23.6 Å². The van der Waals surface area contributed by atoms with E-state index < -0.39 is 11.7 Å². The molecule has 166 valence electrons. The zero-order valence-corrected chi connectivity index (χ0v) is 17.1. The highest BCUT2D eigenvalue weighted by molar-refractivity contribution is 5.89. The molecule has 2 N–H and O–H groups in total. The van der Waals surface area contributed by atoms with Gasteiger partial charge in [0.15, 0.2) is 0 Å². The fourth-order valence-electron chi connectivity index (χ4n) is 3.98. The van der Waals surface area contributed by atoms with Gasteiger partial charge < -0.3 is 20.3 Å². The minimum Gasteiger partial charge on any atom is -0.493 e. The Balaban J connectivity index is 1.37. The van der Waals surface area contributed by atoms with Crippen LogP contribution in [0.15, 0.2) is 36.5 Å². The first-order valence-corrected chi connectivity index (χ1v) is 10.1. The van der Waals surface area contributed by atoms with Crippen LogP contribution in [-0.2, 0) is 6.18 Å². The molecule has 4 rings (SSSR count). The third-order valence-electron chi connectivity index (χ3n) is 5.66. The second-order valence-electron chi connectivity index (χ2n) is 7.54. The molecule has 0 radical (unpaired) electrons. The smallest absolute Gasteiger partial charge is 0.416 e. The second kappa shape index (κ2) is 8.62. The number of nitrogens with one attached hydrogen (secondary N) is 2. The number of alkyl halides is 3. The molecular formula is C21H24F3N5O2. The summed E-state index contributed by atoms with van der Waals surface area (Å²) in [6.07, 6.45) is -2.10. The molecule has 2 amide bonds. The average Bonchev–Trinajstić information content (AvgIpc) is 2.78. The number of hydrogen-bond acceptors (Lipinski definition) is 5. The molecular weight excluding hydrogens is 411 g/mol. The van der Waals surface area contributed by atoms with Crippen molar-refractivity contribution in [3.05, 3.63) is 47.7 Å². The monoisotopic (exact) mass is 435 g/mol. The first-order chi connectivity index (χ1) is 14.8. The summed E-state index contributed by atoms with van der Waals surface area (Å²) in [6, 6.07) is 7.05. The first-order valence-electron chi connectivity index (χ1n) is 10.1. The van der Waals surface area contributed by atoms with E-state index in [0.717, 1.165) is 17.7 Å². The highest BCUT2D eigenvalue weighted by atomic mass is 19.4. The lowest BCUT2D eigenvalue weighted by molar-refractivity contribution is -0.137. The molecule has 0 aliphatic carbocycles. The van der Waals surface area contributed by atoms with Crippen molar-refractivity contribution in [1.29, 1.82) is 0 Å². The molecule has 2 aliphatic heterocycles. The third kappa shape index (κ3) is 4.68. The van der Waals surface area contributed by atoms with Crippen molar-refractivity contribution in [3.63, 3.8) is 0 Å². The van der Waals surface area contributed by atoms with E-state index in [1.807, 2.05) is 0 Å². The molecule has 2 aliphatic rings. The fraction of sp³-hybridized carbons (Fsp3) is 0.429. The van der Waals surface area contributed by atoms with Crippen molar-refractivity contribution in [2.75, 3.05) is 50.5 Å². The van der Waals surface area contributed by atoms with Crippen molar-refractivity contribution in [1.82, 2.24) is 14.8 Å². The van der Waals surface area contributed by atoms with E-state index in [2.05, 4.69) is 20.5 Å². The summed E-state index contributed by atoms with van der Waals surface area (Å²) in [6.45, 7) is 2.70. The molecule has 10 heteroatoms. The second-order valence-corrected chi connectivity index (χ2v) is 7.54. The van der Waals surface area contributed by atoms with E-state index in [4.69, 9.17) is 4.74 Å². The normalized spacial score (nSPS) is 19.4. The van der Waals surface area contributed by atoms with Crippen LogP contribution in [0.4, 0.5) is 29.5 Å². The van der Waals surface area contributed by atoms with E-state index >= 15 is 0 Å².